The zero-order valence-corrected chi connectivity index (χ0v) is 17.3. The van der Waals surface area contributed by atoms with E-state index in [-0.39, 0.29) is 6.03 Å². The first-order valence-corrected chi connectivity index (χ1v) is 10.0. The fourth-order valence-electron chi connectivity index (χ4n) is 3.23. The Morgan fingerprint density at radius 3 is 2.57 bits per heavy atom. The highest BCUT2D eigenvalue weighted by Crippen LogP contribution is 2.20. The third-order valence-corrected chi connectivity index (χ3v) is 5.03. The van der Waals surface area contributed by atoms with Crippen LogP contribution in [0.15, 0.2) is 55.0 Å². The Bertz CT molecular complexity index is 1040. The standard InChI is InChI=1S/C21H22ClN7O/c1-15-5-6-23-18(11-15)27-19-13-20(25-14-24-19)28-7-9-29(10-8-28)21(30)26-17-4-2-3-16(22)12-17/h2-6,11-14H,7-10H2,1H3,(H,26,30)(H,23,24,25,27). The summed E-state index contributed by atoms with van der Waals surface area (Å²) in [4.78, 5) is 29.4. The molecule has 8 nitrogen and oxygen atoms in total. The number of nitrogens with one attached hydrogen (secondary N) is 2. The molecule has 0 aliphatic carbocycles. The highest BCUT2D eigenvalue weighted by atomic mass is 35.5. The molecule has 2 amide bonds. The molecular formula is C21H22ClN7O. The lowest BCUT2D eigenvalue weighted by atomic mass is 10.3. The molecule has 3 heterocycles. The molecule has 1 saturated heterocycles. The van der Waals surface area contributed by atoms with Gasteiger partial charge in [0.2, 0.25) is 0 Å². The molecule has 0 spiro atoms. The van der Waals surface area contributed by atoms with Crippen LogP contribution in [0.25, 0.3) is 0 Å². The highest BCUT2D eigenvalue weighted by Gasteiger charge is 2.22. The number of carbonyl (C=O) groups is 1. The molecule has 154 valence electrons. The average molecular weight is 424 g/mol. The van der Waals surface area contributed by atoms with Gasteiger partial charge in [-0.1, -0.05) is 17.7 Å². The lowest BCUT2D eigenvalue weighted by molar-refractivity contribution is 0.208. The monoisotopic (exact) mass is 423 g/mol. The summed E-state index contributed by atoms with van der Waals surface area (Å²) in [5, 5.41) is 6.69. The van der Waals surface area contributed by atoms with Gasteiger partial charge in [-0.2, -0.15) is 0 Å². The number of rotatable bonds is 4. The van der Waals surface area contributed by atoms with E-state index >= 15 is 0 Å². The summed E-state index contributed by atoms with van der Waals surface area (Å²) in [5.74, 6) is 2.23. The average Bonchev–Trinajstić information content (AvgIpc) is 2.74. The number of halogens is 1. The molecule has 2 N–H and O–H groups in total. The molecule has 0 atom stereocenters. The van der Waals surface area contributed by atoms with Crippen LogP contribution in [0, 0.1) is 6.92 Å². The molecule has 3 aromatic rings. The maximum atomic E-state index is 12.5. The van der Waals surface area contributed by atoms with Gasteiger partial charge in [0.15, 0.2) is 0 Å². The molecule has 9 heteroatoms. The molecule has 0 radical (unpaired) electrons. The second kappa shape index (κ2) is 8.96. The van der Waals surface area contributed by atoms with E-state index in [1.54, 1.807) is 23.2 Å². The number of anilines is 4. The van der Waals surface area contributed by atoms with Crippen LogP contribution in [0.1, 0.15) is 5.56 Å². The molecule has 1 aromatic carbocycles. The quantitative estimate of drug-likeness (QED) is 0.661. The van der Waals surface area contributed by atoms with Gasteiger partial charge in [-0.25, -0.2) is 19.7 Å². The van der Waals surface area contributed by atoms with Crippen molar-refractivity contribution in [3.63, 3.8) is 0 Å². The lowest BCUT2D eigenvalue weighted by Crippen LogP contribution is -2.50. The van der Waals surface area contributed by atoms with E-state index in [9.17, 15) is 4.79 Å². The topological polar surface area (TPSA) is 86.3 Å². The molecule has 4 rings (SSSR count). The number of urea groups is 1. The number of nitrogens with zero attached hydrogens (tertiary/aromatic N) is 5. The normalized spacial score (nSPS) is 13.8. The molecular weight excluding hydrogens is 402 g/mol. The predicted octanol–water partition coefficient (Wildman–Crippen LogP) is 3.93. The second-order valence-corrected chi connectivity index (χ2v) is 7.46. The van der Waals surface area contributed by atoms with Gasteiger partial charge in [-0.3, -0.25) is 0 Å². The van der Waals surface area contributed by atoms with Gasteiger partial charge in [0.05, 0.1) is 0 Å². The van der Waals surface area contributed by atoms with Gasteiger partial charge < -0.3 is 20.4 Å². The number of aromatic nitrogens is 3. The SMILES string of the molecule is Cc1ccnc(Nc2cc(N3CCN(C(=O)Nc4cccc(Cl)c4)CC3)ncn2)c1. The van der Waals surface area contributed by atoms with Crippen LogP contribution in [-0.2, 0) is 0 Å². The van der Waals surface area contributed by atoms with Crippen LogP contribution >= 0.6 is 11.6 Å². The van der Waals surface area contributed by atoms with Crippen molar-refractivity contribution in [3.8, 4) is 0 Å². The first-order chi connectivity index (χ1) is 14.6. The number of hydrogen-bond donors (Lipinski definition) is 2. The third-order valence-electron chi connectivity index (χ3n) is 4.79. The van der Waals surface area contributed by atoms with Crippen LogP contribution in [0.4, 0.5) is 27.9 Å². The molecule has 0 bridgehead atoms. The molecule has 1 aliphatic heterocycles. The minimum atomic E-state index is -0.132. The maximum absolute atomic E-state index is 12.5. The Kier molecular flexibility index (Phi) is 5.94. The van der Waals surface area contributed by atoms with E-state index in [2.05, 4.69) is 30.5 Å². The van der Waals surface area contributed by atoms with E-state index in [1.165, 1.54) is 6.33 Å². The van der Waals surface area contributed by atoms with Gasteiger partial charge in [0.25, 0.3) is 0 Å². The summed E-state index contributed by atoms with van der Waals surface area (Å²) in [6, 6.07) is 12.8. The number of aryl methyl sites for hydroxylation is 1. The fourth-order valence-corrected chi connectivity index (χ4v) is 3.42. The van der Waals surface area contributed by atoms with E-state index in [0.29, 0.717) is 42.7 Å². The highest BCUT2D eigenvalue weighted by molar-refractivity contribution is 6.30. The van der Waals surface area contributed by atoms with Gasteiger partial charge in [-0.05, 0) is 42.8 Å². The second-order valence-electron chi connectivity index (χ2n) is 7.02. The number of carbonyl (C=O) groups excluding carboxylic acids is 1. The Morgan fingerprint density at radius 2 is 1.80 bits per heavy atom. The molecule has 2 aromatic heterocycles. The Labute approximate surface area is 179 Å². The summed E-state index contributed by atoms with van der Waals surface area (Å²) in [7, 11) is 0. The van der Waals surface area contributed by atoms with Crippen molar-refractivity contribution in [1.82, 2.24) is 19.9 Å². The van der Waals surface area contributed by atoms with Crippen LogP contribution in [0.2, 0.25) is 5.02 Å². The van der Waals surface area contributed by atoms with Crippen molar-refractivity contribution in [3.05, 3.63) is 65.6 Å². The summed E-state index contributed by atoms with van der Waals surface area (Å²) < 4.78 is 0. The maximum Gasteiger partial charge on any atom is 0.321 e. The third kappa shape index (κ3) is 4.96. The minimum Gasteiger partial charge on any atom is -0.353 e. The van der Waals surface area contributed by atoms with Gasteiger partial charge >= 0.3 is 6.03 Å². The first kappa shape index (κ1) is 19.9. The molecule has 0 unspecified atom stereocenters. The van der Waals surface area contributed by atoms with Gasteiger partial charge in [0, 0.05) is 49.2 Å². The predicted molar refractivity (Wildman–Crippen MR) is 119 cm³/mol. The summed E-state index contributed by atoms with van der Waals surface area (Å²) in [6.45, 7) is 4.57. The summed E-state index contributed by atoms with van der Waals surface area (Å²) in [5.41, 5.74) is 1.81. The minimum absolute atomic E-state index is 0.132. The van der Waals surface area contributed by atoms with E-state index < -0.39 is 0 Å². The molecule has 1 aliphatic rings. The van der Waals surface area contributed by atoms with Crippen LogP contribution in [0.5, 0.6) is 0 Å². The first-order valence-electron chi connectivity index (χ1n) is 9.65. The number of piperazine rings is 1. The number of pyridine rings is 1. The number of hydrogen-bond acceptors (Lipinski definition) is 6. The van der Waals surface area contributed by atoms with Gasteiger partial charge in [-0.15, -0.1) is 0 Å². The molecule has 30 heavy (non-hydrogen) atoms. The Hall–Kier alpha value is -3.39. The van der Waals surface area contributed by atoms with Crippen molar-refractivity contribution in [1.29, 1.82) is 0 Å². The smallest absolute Gasteiger partial charge is 0.321 e. The van der Waals surface area contributed by atoms with Crippen molar-refractivity contribution >= 4 is 40.8 Å². The van der Waals surface area contributed by atoms with Crippen molar-refractivity contribution in [2.45, 2.75) is 6.92 Å². The van der Waals surface area contributed by atoms with Crippen molar-refractivity contribution in [2.24, 2.45) is 0 Å². The van der Waals surface area contributed by atoms with E-state index in [4.69, 9.17) is 11.6 Å². The van der Waals surface area contributed by atoms with Gasteiger partial charge in [0.1, 0.15) is 23.8 Å². The lowest BCUT2D eigenvalue weighted by Gasteiger charge is -2.35. The van der Waals surface area contributed by atoms with Crippen LogP contribution in [0.3, 0.4) is 0 Å². The summed E-state index contributed by atoms with van der Waals surface area (Å²) in [6.07, 6.45) is 3.29. The van der Waals surface area contributed by atoms with Crippen molar-refractivity contribution in [2.75, 3.05) is 41.7 Å². The van der Waals surface area contributed by atoms with Crippen molar-refractivity contribution < 1.29 is 4.79 Å². The zero-order chi connectivity index (χ0) is 20.9. The summed E-state index contributed by atoms with van der Waals surface area (Å²) >= 11 is 5.98. The number of amides is 2. The van der Waals surface area contributed by atoms with Crippen LogP contribution < -0.4 is 15.5 Å². The van der Waals surface area contributed by atoms with E-state index in [0.717, 1.165) is 17.2 Å². The fraction of sp³-hybridized carbons (Fsp3) is 0.238. The Balaban J connectivity index is 1.35. The number of benzene rings is 1. The van der Waals surface area contributed by atoms with E-state index in [1.807, 2.05) is 37.3 Å². The largest absolute Gasteiger partial charge is 0.353 e. The Morgan fingerprint density at radius 1 is 1.00 bits per heavy atom. The molecule has 1 fully saturated rings. The zero-order valence-electron chi connectivity index (χ0n) is 16.5. The van der Waals surface area contributed by atoms with Crippen LogP contribution in [-0.4, -0.2) is 52.1 Å². The molecule has 0 saturated carbocycles.